The smallest absolute Gasteiger partial charge is 0.129 e. The second-order valence-corrected chi connectivity index (χ2v) is 4.51. The molecule has 0 fully saturated rings. The number of rotatable bonds is 6. The van der Waals surface area contributed by atoms with Crippen molar-refractivity contribution in [3.63, 3.8) is 0 Å². The average Bonchev–Trinajstić information content (AvgIpc) is 2.32. The minimum atomic E-state index is 0.167. The van der Waals surface area contributed by atoms with Gasteiger partial charge in [0.2, 0.25) is 0 Å². The van der Waals surface area contributed by atoms with E-state index in [1.54, 1.807) is 6.33 Å². The molecule has 0 atom stereocenters. The maximum atomic E-state index is 6.05. The van der Waals surface area contributed by atoms with Gasteiger partial charge in [-0.1, -0.05) is 13.8 Å². The maximum absolute atomic E-state index is 6.05. The lowest BCUT2D eigenvalue weighted by Crippen LogP contribution is -2.30. The van der Waals surface area contributed by atoms with E-state index in [1.807, 2.05) is 13.0 Å². The van der Waals surface area contributed by atoms with E-state index in [9.17, 15) is 0 Å². The Hall–Kier alpha value is -0.830. The highest BCUT2D eigenvalue weighted by atomic mass is 35.5. The highest BCUT2D eigenvalue weighted by Crippen LogP contribution is 2.28. The Labute approximate surface area is 103 Å². The molecule has 3 nitrogen and oxygen atoms in total. The fraction of sp³-hybridized carbons (Fsp3) is 0.667. The SMILES string of the molecule is CCC(CC)(CCl)CNc1cc(C)ncn1. The van der Waals surface area contributed by atoms with Crippen LogP contribution in [0.25, 0.3) is 0 Å². The van der Waals surface area contributed by atoms with E-state index in [4.69, 9.17) is 11.6 Å². The molecule has 0 aliphatic carbocycles. The van der Waals surface area contributed by atoms with Gasteiger partial charge >= 0.3 is 0 Å². The molecule has 4 heteroatoms. The van der Waals surface area contributed by atoms with Crippen LogP contribution in [0.5, 0.6) is 0 Å². The first-order valence-corrected chi connectivity index (χ1v) is 6.27. The Bertz CT molecular complexity index is 316. The second kappa shape index (κ2) is 6.04. The molecule has 0 aliphatic rings. The third kappa shape index (κ3) is 3.34. The normalized spacial score (nSPS) is 11.5. The van der Waals surface area contributed by atoms with Crippen LogP contribution in [-0.2, 0) is 0 Å². The van der Waals surface area contributed by atoms with Crippen LogP contribution in [0.15, 0.2) is 12.4 Å². The van der Waals surface area contributed by atoms with Crippen molar-refractivity contribution in [3.8, 4) is 0 Å². The number of nitrogens with one attached hydrogen (secondary N) is 1. The molecule has 1 aromatic rings. The molecule has 0 saturated carbocycles. The number of alkyl halides is 1. The van der Waals surface area contributed by atoms with Crippen LogP contribution in [0, 0.1) is 12.3 Å². The average molecular weight is 242 g/mol. The summed E-state index contributed by atoms with van der Waals surface area (Å²) < 4.78 is 0. The van der Waals surface area contributed by atoms with Crippen molar-refractivity contribution in [2.24, 2.45) is 5.41 Å². The molecule has 1 N–H and O–H groups in total. The van der Waals surface area contributed by atoms with Crippen LogP contribution >= 0.6 is 11.6 Å². The van der Waals surface area contributed by atoms with Crippen LogP contribution in [0.1, 0.15) is 32.4 Å². The number of halogens is 1. The fourth-order valence-corrected chi connectivity index (χ4v) is 2.04. The van der Waals surface area contributed by atoms with Crippen molar-refractivity contribution in [1.29, 1.82) is 0 Å². The summed E-state index contributed by atoms with van der Waals surface area (Å²) in [5.41, 5.74) is 1.14. The Morgan fingerprint density at radius 2 is 2.00 bits per heavy atom. The number of aryl methyl sites for hydroxylation is 1. The molecule has 1 aromatic heterocycles. The van der Waals surface area contributed by atoms with Gasteiger partial charge in [0.1, 0.15) is 12.1 Å². The van der Waals surface area contributed by atoms with E-state index >= 15 is 0 Å². The van der Waals surface area contributed by atoms with Crippen molar-refractivity contribution in [3.05, 3.63) is 18.1 Å². The molecule has 0 amide bonds. The van der Waals surface area contributed by atoms with Crippen LogP contribution in [0.2, 0.25) is 0 Å². The molecule has 0 saturated heterocycles. The van der Waals surface area contributed by atoms with Crippen LogP contribution < -0.4 is 5.32 Å². The summed E-state index contributed by atoms with van der Waals surface area (Å²) in [5.74, 6) is 1.56. The summed E-state index contributed by atoms with van der Waals surface area (Å²) in [5, 5.41) is 3.34. The van der Waals surface area contributed by atoms with Gasteiger partial charge in [-0.05, 0) is 19.8 Å². The van der Waals surface area contributed by atoms with Gasteiger partial charge in [-0.3, -0.25) is 0 Å². The lowest BCUT2D eigenvalue weighted by molar-refractivity contribution is 0.326. The lowest BCUT2D eigenvalue weighted by Gasteiger charge is -2.29. The number of anilines is 1. The maximum Gasteiger partial charge on any atom is 0.129 e. The zero-order chi connectivity index (χ0) is 12.0. The highest BCUT2D eigenvalue weighted by Gasteiger charge is 2.24. The Morgan fingerprint density at radius 3 is 2.50 bits per heavy atom. The zero-order valence-corrected chi connectivity index (χ0v) is 11.0. The Kier molecular flexibility index (Phi) is 5.00. The van der Waals surface area contributed by atoms with Crippen LogP contribution in [0.3, 0.4) is 0 Å². The Morgan fingerprint density at radius 1 is 1.31 bits per heavy atom. The van der Waals surface area contributed by atoms with E-state index in [2.05, 4.69) is 29.1 Å². The Balaban J connectivity index is 2.62. The van der Waals surface area contributed by atoms with Gasteiger partial charge in [0.25, 0.3) is 0 Å². The zero-order valence-electron chi connectivity index (χ0n) is 10.3. The summed E-state index contributed by atoms with van der Waals surface area (Å²) in [6.45, 7) is 7.18. The molecule has 0 radical (unpaired) electrons. The second-order valence-electron chi connectivity index (χ2n) is 4.24. The number of aromatic nitrogens is 2. The van der Waals surface area contributed by atoms with Crippen LogP contribution in [0.4, 0.5) is 5.82 Å². The number of hydrogen-bond donors (Lipinski definition) is 1. The summed E-state index contributed by atoms with van der Waals surface area (Å²) in [6, 6.07) is 1.95. The van der Waals surface area contributed by atoms with Gasteiger partial charge in [0.05, 0.1) is 0 Å². The molecular weight excluding hydrogens is 222 g/mol. The predicted octanol–water partition coefficient (Wildman–Crippen LogP) is 3.24. The largest absolute Gasteiger partial charge is 0.369 e. The standard InChI is InChI=1S/C12H20ClN3/c1-4-12(5-2,7-13)8-14-11-6-10(3)15-9-16-11/h6,9H,4-5,7-8H2,1-3H3,(H,14,15,16). The first-order valence-electron chi connectivity index (χ1n) is 5.74. The van der Waals surface area contributed by atoms with Crippen molar-refractivity contribution >= 4 is 17.4 Å². The molecule has 1 rings (SSSR count). The van der Waals surface area contributed by atoms with Gasteiger partial charge in [0, 0.05) is 29.6 Å². The van der Waals surface area contributed by atoms with Gasteiger partial charge in [0.15, 0.2) is 0 Å². The van der Waals surface area contributed by atoms with Gasteiger partial charge in [-0.2, -0.15) is 0 Å². The van der Waals surface area contributed by atoms with Gasteiger partial charge in [-0.15, -0.1) is 11.6 Å². The highest BCUT2D eigenvalue weighted by molar-refractivity contribution is 6.18. The summed E-state index contributed by atoms with van der Waals surface area (Å²) in [6.07, 6.45) is 3.73. The predicted molar refractivity (Wildman–Crippen MR) is 69.0 cm³/mol. The third-order valence-corrected chi connectivity index (χ3v) is 3.80. The number of nitrogens with zero attached hydrogens (tertiary/aromatic N) is 2. The molecule has 0 aliphatic heterocycles. The molecule has 16 heavy (non-hydrogen) atoms. The summed E-state index contributed by atoms with van der Waals surface area (Å²) >= 11 is 6.05. The van der Waals surface area contributed by atoms with E-state index in [0.29, 0.717) is 5.88 Å². The first-order chi connectivity index (χ1) is 7.65. The third-order valence-electron chi connectivity index (χ3n) is 3.23. The molecular formula is C12H20ClN3. The minimum Gasteiger partial charge on any atom is -0.369 e. The quantitative estimate of drug-likeness (QED) is 0.777. The minimum absolute atomic E-state index is 0.167. The van der Waals surface area contributed by atoms with Crippen molar-refractivity contribution in [2.45, 2.75) is 33.6 Å². The summed E-state index contributed by atoms with van der Waals surface area (Å²) in [7, 11) is 0. The molecule has 0 aromatic carbocycles. The van der Waals surface area contributed by atoms with Crippen molar-refractivity contribution in [2.75, 3.05) is 17.7 Å². The van der Waals surface area contributed by atoms with Crippen LogP contribution in [-0.4, -0.2) is 22.4 Å². The molecule has 0 bridgehead atoms. The summed E-state index contributed by atoms with van der Waals surface area (Å²) in [4.78, 5) is 8.25. The topological polar surface area (TPSA) is 37.8 Å². The number of hydrogen-bond acceptors (Lipinski definition) is 3. The van der Waals surface area contributed by atoms with E-state index < -0.39 is 0 Å². The molecule has 90 valence electrons. The molecule has 0 spiro atoms. The monoisotopic (exact) mass is 241 g/mol. The fourth-order valence-electron chi connectivity index (χ4n) is 1.57. The van der Waals surface area contributed by atoms with Gasteiger partial charge in [-0.25, -0.2) is 9.97 Å². The van der Waals surface area contributed by atoms with Crippen molar-refractivity contribution < 1.29 is 0 Å². The van der Waals surface area contributed by atoms with E-state index in [0.717, 1.165) is 30.9 Å². The van der Waals surface area contributed by atoms with E-state index in [1.165, 1.54) is 0 Å². The first kappa shape index (κ1) is 13.2. The molecule has 0 unspecified atom stereocenters. The lowest BCUT2D eigenvalue weighted by atomic mass is 9.84. The van der Waals surface area contributed by atoms with E-state index in [-0.39, 0.29) is 5.41 Å². The van der Waals surface area contributed by atoms with Gasteiger partial charge < -0.3 is 5.32 Å². The molecule has 1 heterocycles. The van der Waals surface area contributed by atoms with Crippen molar-refractivity contribution in [1.82, 2.24) is 9.97 Å².